The van der Waals surface area contributed by atoms with Crippen LogP contribution in [0.1, 0.15) is 0 Å². The van der Waals surface area contributed by atoms with E-state index in [1.165, 1.54) is 10.9 Å². The molecule has 0 spiro atoms. The Balaban J connectivity index is 1.62. The van der Waals surface area contributed by atoms with Crippen molar-refractivity contribution in [3.8, 4) is 0 Å². The molecule has 0 saturated carbocycles. The summed E-state index contributed by atoms with van der Waals surface area (Å²) in [5.74, 6) is -0.268. The minimum Gasteiger partial charge on any atom is -0.324 e. The molecule has 4 aromatic rings. The van der Waals surface area contributed by atoms with Gasteiger partial charge in [-0.2, -0.15) is 0 Å². The zero-order chi connectivity index (χ0) is 17.2. The average Bonchev–Trinajstić information content (AvgIpc) is 2.65. The summed E-state index contributed by atoms with van der Waals surface area (Å²) in [7, 11) is 0. The summed E-state index contributed by atoms with van der Waals surface area (Å²) in [5.41, 5.74) is 1.13. The SMILES string of the molecule is O=C(Cn1cnc2ccccc2c1=O)Nc1cccc2ccccc12. The average molecular weight is 329 g/mol. The lowest BCUT2D eigenvalue weighted by atomic mass is 10.1. The summed E-state index contributed by atoms with van der Waals surface area (Å²) in [6, 6.07) is 20.6. The van der Waals surface area contributed by atoms with Gasteiger partial charge in [-0.1, -0.05) is 48.5 Å². The van der Waals surface area contributed by atoms with E-state index in [-0.39, 0.29) is 18.0 Å². The molecule has 122 valence electrons. The number of para-hydroxylation sites is 1. The van der Waals surface area contributed by atoms with Gasteiger partial charge < -0.3 is 5.32 Å². The highest BCUT2D eigenvalue weighted by atomic mass is 16.2. The molecule has 1 aromatic heterocycles. The smallest absolute Gasteiger partial charge is 0.261 e. The number of hydrogen-bond donors (Lipinski definition) is 1. The van der Waals surface area contributed by atoms with Crippen molar-refractivity contribution in [2.24, 2.45) is 0 Å². The van der Waals surface area contributed by atoms with Crippen LogP contribution in [0, 0.1) is 0 Å². The lowest BCUT2D eigenvalue weighted by molar-refractivity contribution is -0.116. The minimum atomic E-state index is -0.268. The van der Waals surface area contributed by atoms with Crippen molar-refractivity contribution >= 4 is 33.3 Å². The predicted octanol–water partition coefficient (Wildman–Crippen LogP) is 3.19. The fraction of sp³-hybridized carbons (Fsp3) is 0.0500. The number of amides is 1. The lowest BCUT2D eigenvalue weighted by Gasteiger charge is -2.10. The molecule has 3 aromatic carbocycles. The number of nitrogens with one attached hydrogen (secondary N) is 1. The van der Waals surface area contributed by atoms with E-state index in [2.05, 4.69) is 10.3 Å². The molecule has 5 heteroatoms. The second kappa shape index (κ2) is 6.20. The quantitative estimate of drug-likeness (QED) is 0.628. The number of carbonyl (C=O) groups excluding carboxylic acids is 1. The van der Waals surface area contributed by atoms with Crippen molar-refractivity contribution in [3.05, 3.63) is 83.4 Å². The van der Waals surface area contributed by atoms with E-state index in [0.717, 1.165) is 16.5 Å². The second-order valence-corrected chi connectivity index (χ2v) is 5.77. The highest BCUT2D eigenvalue weighted by molar-refractivity contribution is 6.02. The molecule has 0 aliphatic heterocycles. The van der Waals surface area contributed by atoms with Gasteiger partial charge in [0, 0.05) is 11.1 Å². The topological polar surface area (TPSA) is 64.0 Å². The number of rotatable bonds is 3. The Morgan fingerprint density at radius 1 is 0.920 bits per heavy atom. The predicted molar refractivity (Wildman–Crippen MR) is 98.6 cm³/mol. The van der Waals surface area contributed by atoms with E-state index in [0.29, 0.717) is 10.9 Å². The Labute approximate surface area is 143 Å². The van der Waals surface area contributed by atoms with E-state index in [1.807, 2.05) is 48.5 Å². The Bertz CT molecular complexity index is 1140. The third kappa shape index (κ3) is 2.87. The molecule has 4 rings (SSSR count). The maximum absolute atomic E-state index is 12.5. The standard InChI is InChI=1S/C20H15N3O2/c24-19(22-18-11-5-7-14-6-1-2-8-15(14)18)12-23-13-21-17-10-4-3-9-16(17)20(23)25/h1-11,13H,12H2,(H,22,24). The lowest BCUT2D eigenvalue weighted by Crippen LogP contribution is -2.27. The summed E-state index contributed by atoms with van der Waals surface area (Å²) in [4.78, 5) is 29.1. The fourth-order valence-corrected chi connectivity index (χ4v) is 2.90. The van der Waals surface area contributed by atoms with Crippen LogP contribution in [0.4, 0.5) is 5.69 Å². The summed E-state index contributed by atoms with van der Waals surface area (Å²) >= 11 is 0. The van der Waals surface area contributed by atoms with Crippen LogP contribution in [0.25, 0.3) is 21.7 Å². The van der Waals surface area contributed by atoms with Gasteiger partial charge in [-0.15, -0.1) is 0 Å². The molecule has 1 amide bonds. The molecule has 0 atom stereocenters. The molecule has 0 saturated heterocycles. The Morgan fingerprint density at radius 3 is 2.52 bits per heavy atom. The van der Waals surface area contributed by atoms with Crippen molar-refractivity contribution in [1.82, 2.24) is 9.55 Å². The summed E-state index contributed by atoms with van der Waals surface area (Å²) in [5, 5.41) is 5.39. The zero-order valence-corrected chi connectivity index (χ0v) is 13.3. The Morgan fingerprint density at radius 2 is 1.64 bits per heavy atom. The van der Waals surface area contributed by atoms with E-state index in [4.69, 9.17) is 0 Å². The molecule has 5 nitrogen and oxygen atoms in total. The molecule has 0 bridgehead atoms. The molecule has 0 aliphatic rings. The number of anilines is 1. The van der Waals surface area contributed by atoms with Crippen LogP contribution in [0.3, 0.4) is 0 Å². The Hall–Kier alpha value is -3.47. The molecule has 1 heterocycles. The second-order valence-electron chi connectivity index (χ2n) is 5.77. The van der Waals surface area contributed by atoms with E-state index in [9.17, 15) is 9.59 Å². The van der Waals surface area contributed by atoms with Gasteiger partial charge in [0.2, 0.25) is 5.91 Å². The van der Waals surface area contributed by atoms with Crippen LogP contribution in [0.5, 0.6) is 0 Å². The van der Waals surface area contributed by atoms with Crippen LogP contribution in [-0.2, 0) is 11.3 Å². The molecular weight excluding hydrogens is 314 g/mol. The first-order chi connectivity index (χ1) is 12.2. The van der Waals surface area contributed by atoms with Gasteiger partial charge in [0.25, 0.3) is 5.56 Å². The van der Waals surface area contributed by atoms with Gasteiger partial charge in [-0.25, -0.2) is 4.98 Å². The molecule has 0 unspecified atom stereocenters. The van der Waals surface area contributed by atoms with Gasteiger partial charge in [0.05, 0.1) is 17.2 Å². The van der Waals surface area contributed by atoms with Crippen LogP contribution in [-0.4, -0.2) is 15.5 Å². The van der Waals surface area contributed by atoms with E-state index < -0.39 is 0 Å². The van der Waals surface area contributed by atoms with Crippen LogP contribution >= 0.6 is 0 Å². The van der Waals surface area contributed by atoms with Gasteiger partial charge >= 0.3 is 0 Å². The zero-order valence-electron chi connectivity index (χ0n) is 13.3. The first-order valence-electron chi connectivity index (χ1n) is 7.94. The minimum absolute atomic E-state index is 0.0834. The maximum atomic E-state index is 12.5. The Kier molecular flexibility index (Phi) is 3.74. The maximum Gasteiger partial charge on any atom is 0.261 e. The van der Waals surface area contributed by atoms with Gasteiger partial charge in [-0.05, 0) is 23.6 Å². The third-order valence-corrected chi connectivity index (χ3v) is 4.11. The van der Waals surface area contributed by atoms with Crippen molar-refractivity contribution in [1.29, 1.82) is 0 Å². The number of carbonyl (C=O) groups is 1. The van der Waals surface area contributed by atoms with Crippen LogP contribution < -0.4 is 10.9 Å². The first kappa shape index (κ1) is 15.1. The van der Waals surface area contributed by atoms with Crippen molar-refractivity contribution in [2.75, 3.05) is 5.32 Å². The summed E-state index contributed by atoms with van der Waals surface area (Å²) in [6.07, 6.45) is 1.41. The largest absolute Gasteiger partial charge is 0.324 e. The molecule has 25 heavy (non-hydrogen) atoms. The fourth-order valence-electron chi connectivity index (χ4n) is 2.90. The number of benzene rings is 3. The van der Waals surface area contributed by atoms with Crippen molar-refractivity contribution in [2.45, 2.75) is 6.54 Å². The summed E-state index contributed by atoms with van der Waals surface area (Å²) in [6.45, 7) is -0.0834. The molecule has 0 radical (unpaired) electrons. The number of fused-ring (bicyclic) bond motifs is 2. The number of nitrogens with zero attached hydrogens (tertiary/aromatic N) is 2. The van der Waals surface area contributed by atoms with E-state index in [1.54, 1.807) is 18.2 Å². The highest BCUT2D eigenvalue weighted by Gasteiger charge is 2.09. The normalized spacial score (nSPS) is 10.9. The van der Waals surface area contributed by atoms with E-state index >= 15 is 0 Å². The number of hydrogen-bond acceptors (Lipinski definition) is 3. The van der Waals surface area contributed by atoms with Gasteiger partial charge in [0.1, 0.15) is 6.54 Å². The van der Waals surface area contributed by atoms with Crippen LogP contribution in [0.2, 0.25) is 0 Å². The monoisotopic (exact) mass is 329 g/mol. The summed E-state index contributed by atoms with van der Waals surface area (Å²) < 4.78 is 1.32. The van der Waals surface area contributed by atoms with Crippen molar-refractivity contribution < 1.29 is 4.79 Å². The van der Waals surface area contributed by atoms with Gasteiger partial charge in [0.15, 0.2) is 0 Å². The third-order valence-electron chi connectivity index (χ3n) is 4.11. The molecule has 0 fully saturated rings. The number of aromatic nitrogens is 2. The molecular formula is C20H15N3O2. The molecule has 1 N–H and O–H groups in total. The van der Waals surface area contributed by atoms with Crippen molar-refractivity contribution in [3.63, 3.8) is 0 Å². The first-order valence-corrected chi connectivity index (χ1v) is 7.94. The highest BCUT2D eigenvalue weighted by Crippen LogP contribution is 2.22. The molecule has 0 aliphatic carbocycles. The van der Waals surface area contributed by atoms with Gasteiger partial charge in [-0.3, -0.25) is 14.2 Å². The van der Waals surface area contributed by atoms with Crippen LogP contribution in [0.15, 0.2) is 77.9 Å².